The number of nitrogens with two attached hydrogens (primary N) is 1. The number of primary amides is 1. The van der Waals surface area contributed by atoms with Crippen LogP contribution in [0, 0.1) is 20.8 Å². The van der Waals surface area contributed by atoms with Crippen molar-refractivity contribution < 1.29 is 22.7 Å². The van der Waals surface area contributed by atoms with Gasteiger partial charge in [0.1, 0.15) is 47.3 Å². The molecule has 340 valence electrons. The van der Waals surface area contributed by atoms with Crippen LogP contribution >= 0.6 is 11.6 Å². The number of hydrogen-bond acceptors (Lipinski definition) is 13. The summed E-state index contributed by atoms with van der Waals surface area (Å²) in [5.41, 5.74) is 12.8. The Balaban J connectivity index is 0.000000184. The second-order valence-corrected chi connectivity index (χ2v) is 18.5. The van der Waals surface area contributed by atoms with E-state index >= 15 is 0 Å². The van der Waals surface area contributed by atoms with Gasteiger partial charge in [-0.05, 0) is 154 Å². The van der Waals surface area contributed by atoms with Crippen molar-refractivity contribution in [3.63, 3.8) is 0 Å². The van der Waals surface area contributed by atoms with Gasteiger partial charge in [0.05, 0.1) is 34.7 Å². The Labute approximate surface area is 393 Å². The molecule has 4 aromatic heterocycles. The molecule has 0 spiro atoms. The summed E-state index contributed by atoms with van der Waals surface area (Å²) in [6.45, 7) is 5.83. The van der Waals surface area contributed by atoms with Gasteiger partial charge in [0.25, 0.3) is 0 Å². The smallest absolute Gasteiger partial charge is 0.241 e. The van der Waals surface area contributed by atoms with E-state index in [1.165, 1.54) is 25.0 Å². The molecule has 1 aliphatic carbocycles. The van der Waals surface area contributed by atoms with Crippen molar-refractivity contribution in [1.29, 1.82) is 0 Å². The summed E-state index contributed by atoms with van der Waals surface area (Å²) in [5, 5.41) is 8.83. The molecule has 15 nitrogen and oxygen atoms in total. The Morgan fingerprint density at radius 1 is 0.716 bits per heavy atom. The van der Waals surface area contributed by atoms with Crippen molar-refractivity contribution in [2.75, 3.05) is 16.9 Å². The Bertz CT molecular complexity index is 3240. The highest BCUT2D eigenvalue weighted by Crippen LogP contribution is 2.41. The van der Waals surface area contributed by atoms with Crippen LogP contribution in [0.1, 0.15) is 47.3 Å². The average molecular weight is 936 g/mol. The third kappa shape index (κ3) is 12.4. The number of hydrogen-bond donors (Lipinski definition) is 4. The van der Waals surface area contributed by atoms with Gasteiger partial charge < -0.3 is 25.8 Å². The molecule has 9 rings (SSSR count). The molecule has 0 atom stereocenters. The molecule has 0 saturated heterocycles. The van der Waals surface area contributed by atoms with Crippen molar-refractivity contribution in [3.8, 4) is 23.0 Å². The molecular weight excluding hydrogens is 888 g/mol. The Hall–Kier alpha value is -7.53. The Kier molecular flexibility index (Phi) is 13.7. The Morgan fingerprint density at radius 3 is 1.85 bits per heavy atom. The maximum atomic E-state index is 11.7. The lowest BCUT2D eigenvalue weighted by atomic mass is 10.0. The fourth-order valence-corrected chi connectivity index (χ4v) is 8.52. The van der Waals surface area contributed by atoms with Crippen LogP contribution in [0.3, 0.4) is 0 Å². The number of amides is 1. The lowest BCUT2D eigenvalue weighted by Gasteiger charge is -2.16. The molecule has 5 N–H and O–H groups in total. The summed E-state index contributed by atoms with van der Waals surface area (Å²) < 4.78 is 38.0. The van der Waals surface area contributed by atoms with Crippen LogP contribution in [0.25, 0.3) is 27.9 Å². The normalized spacial score (nSPS) is 12.9. The summed E-state index contributed by atoms with van der Waals surface area (Å²) in [4.78, 5) is 37.0. The zero-order valence-corrected chi connectivity index (χ0v) is 38.7. The van der Waals surface area contributed by atoms with E-state index in [0.717, 1.165) is 92.7 Å². The average Bonchev–Trinajstić information content (AvgIpc) is 4.06. The molecule has 17 heteroatoms. The fourth-order valence-electron chi connectivity index (χ4n) is 7.21. The van der Waals surface area contributed by atoms with Crippen LogP contribution < -0.4 is 30.6 Å². The molecule has 1 amide bonds. The second kappa shape index (κ2) is 19.9. The van der Waals surface area contributed by atoms with E-state index in [0.29, 0.717) is 33.9 Å². The minimum Gasteiger partial charge on any atom is -0.455 e. The quantitative estimate of drug-likeness (QED) is 0.0706. The number of aryl methyl sites for hydroxylation is 4. The number of benzene rings is 4. The summed E-state index contributed by atoms with van der Waals surface area (Å²) in [6, 6.07) is 30.5. The third-order valence-electron chi connectivity index (χ3n) is 10.8. The summed E-state index contributed by atoms with van der Waals surface area (Å²) in [7, 11) is -3.23. The first-order chi connectivity index (χ1) is 32.2. The van der Waals surface area contributed by atoms with Crippen molar-refractivity contribution in [3.05, 3.63) is 161 Å². The van der Waals surface area contributed by atoms with Crippen molar-refractivity contribution in [1.82, 2.24) is 34.6 Å². The predicted molar refractivity (Wildman–Crippen MR) is 263 cm³/mol. The van der Waals surface area contributed by atoms with Crippen molar-refractivity contribution in [2.45, 2.75) is 52.0 Å². The molecule has 4 aromatic carbocycles. The van der Waals surface area contributed by atoms with Gasteiger partial charge in [-0.15, -0.1) is 0 Å². The highest BCUT2D eigenvalue weighted by Gasteiger charge is 2.44. The van der Waals surface area contributed by atoms with Crippen LogP contribution in [0.4, 0.5) is 23.0 Å². The fraction of sp³-hybridized carbons (Fsp3) is 0.180. The number of nitrogens with one attached hydrogen (secondary N) is 3. The molecule has 67 heavy (non-hydrogen) atoms. The van der Waals surface area contributed by atoms with Crippen LogP contribution in [-0.4, -0.2) is 56.0 Å². The van der Waals surface area contributed by atoms with E-state index in [2.05, 4.69) is 51.3 Å². The SMILES string of the molecule is Cc1ccc(Oc2ccc(Nc3ncnc4ccc(C=CC(N)=O)cc34)cc2C)cn1.Cc1ccc(Oc2ccc(Nc3ncnc4ccc(CCC5(NS(C)(=O)=O)CC5)cc34)cc2Cl)cn1. The predicted octanol–water partition coefficient (Wildman–Crippen LogP) is 10.2. The maximum absolute atomic E-state index is 11.7. The number of sulfonamides is 1. The van der Waals surface area contributed by atoms with Gasteiger partial charge in [-0.3, -0.25) is 14.8 Å². The summed E-state index contributed by atoms with van der Waals surface area (Å²) in [6.07, 6.45) is 13.8. The lowest BCUT2D eigenvalue weighted by molar-refractivity contribution is -0.113. The van der Waals surface area contributed by atoms with Crippen LogP contribution in [0.2, 0.25) is 5.02 Å². The first-order valence-corrected chi connectivity index (χ1v) is 23.5. The van der Waals surface area contributed by atoms with E-state index in [4.69, 9.17) is 26.8 Å². The molecule has 1 fully saturated rings. The summed E-state index contributed by atoms with van der Waals surface area (Å²) in [5.74, 6) is 3.40. The van der Waals surface area contributed by atoms with Crippen LogP contribution in [-0.2, 0) is 21.2 Å². The number of ether oxygens (including phenoxy) is 2. The number of pyridine rings is 2. The maximum Gasteiger partial charge on any atom is 0.241 e. The number of aromatic nitrogens is 6. The van der Waals surface area contributed by atoms with E-state index in [-0.39, 0.29) is 5.54 Å². The number of rotatable bonds is 15. The molecule has 1 aliphatic rings. The number of carbonyl (C=O) groups is 1. The lowest BCUT2D eigenvalue weighted by Crippen LogP contribution is -2.36. The second-order valence-electron chi connectivity index (χ2n) is 16.3. The van der Waals surface area contributed by atoms with Gasteiger partial charge in [-0.2, -0.15) is 0 Å². The van der Waals surface area contributed by atoms with Crippen molar-refractivity contribution >= 4 is 78.4 Å². The standard InChI is InChI=1S/C26H26ClN5O3S.C24H21N5O2/c1-17-3-6-20(15-28-17)35-24-8-5-19(14-22(24)27)31-25-21-13-18(4-7-23(21)29-16-30-25)9-10-26(11-12-26)32-36(2,33)34;1-15-11-18(6-9-22(15)31-19-7-3-16(2)26-13-19)29-24-20-12-17(5-10-23(25)30)4-8-21(20)27-14-28-24/h3-8,13-16,32H,9-12H2,1-2H3,(H,29,30,31);3-14H,1-2H3,(H2,25,30)(H,27,28,29). The number of halogens is 1. The third-order valence-corrected chi connectivity index (χ3v) is 11.9. The van der Waals surface area contributed by atoms with Crippen molar-refractivity contribution in [2.24, 2.45) is 5.73 Å². The monoisotopic (exact) mass is 934 g/mol. The molecule has 0 radical (unpaired) electrons. The molecule has 1 saturated carbocycles. The molecule has 0 bridgehead atoms. The first-order valence-electron chi connectivity index (χ1n) is 21.3. The number of carbonyl (C=O) groups excluding carboxylic acids is 1. The van der Waals surface area contributed by atoms with Gasteiger partial charge in [-0.1, -0.05) is 23.7 Å². The molecule has 4 heterocycles. The van der Waals surface area contributed by atoms with Crippen LogP contribution in [0.5, 0.6) is 23.0 Å². The minimum absolute atomic E-state index is 0.313. The largest absolute Gasteiger partial charge is 0.455 e. The van der Waals surface area contributed by atoms with Gasteiger partial charge in [-0.25, -0.2) is 33.1 Å². The molecule has 0 aliphatic heterocycles. The number of anilines is 4. The molecule has 0 unspecified atom stereocenters. The van der Waals surface area contributed by atoms with E-state index in [1.54, 1.807) is 30.6 Å². The highest BCUT2D eigenvalue weighted by atomic mass is 35.5. The van der Waals surface area contributed by atoms with E-state index in [9.17, 15) is 13.2 Å². The molecular formula is C50H47ClN10O5S. The van der Waals surface area contributed by atoms with E-state index in [1.807, 2.05) is 99.6 Å². The minimum atomic E-state index is -3.23. The zero-order valence-electron chi connectivity index (χ0n) is 37.1. The van der Waals surface area contributed by atoms with E-state index < -0.39 is 15.9 Å². The highest BCUT2D eigenvalue weighted by molar-refractivity contribution is 7.88. The zero-order chi connectivity index (χ0) is 47.1. The topological polar surface area (TPSA) is 209 Å². The van der Waals surface area contributed by atoms with Crippen LogP contribution in [0.15, 0.2) is 128 Å². The number of fused-ring (bicyclic) bond motifs is 2. The number of nitrogens with zero attached hydrogens (tertiary/aromatic N) is 6. The summed E-state index contributed by atoms with van der Waals surface area (Å²) >= 11 is 6.49. The first kappa shape index (κ1) is 46.0. The van der Waals surface area contributed by atoms with Gasteiger partial charge in [0.15, 0.2) is 0 Å². The molecule has 8 aromatic rings. The van der Waals surface area contributed by atoms with Gasteiger partial charge in [0.2, 0.25) is 15.9 Å². The Morgan fingerprint density at radius 2 is 1.30 bits per heavy atom. The van der Waals surface area contributed by atoms with Gasteiger partial charge >= 0.3 is 0 Å². The van der Waals surface area contributed by atoms with Gasteiger partial charge in [0, 0.05) is 45.2 Å².